The third-order valence-electron chi connectivity index (χ3n) is 3.88. The predicted molar refractivity (Wildman–Crippen MR) is 91.0 cm³/mol. The van der Waals surface area contributed by atoms with Crippen molar-refractivity contribution in [2.24, 2.45) is 0 Å². The molecule has 0 aliphatic heterocycles. The van der Waals surface area contributed by atoms with Gasteiger partial charge in [-0.05, 0) is 38.5 Å². The Hall–Kier alpha value is -2.62. The molecule has 0 amide bonds. The van der Waals surface area contributed by atoms with Gasteiger partial charge in [-0.2, -0.15) is 4.98 Å². The minimum absolute atomic E-state index is 0.0374. The SMILES string of the molecule is Cc1cc2c(cc1N)c(-c1ccccc1)nc(=O)n2C(C)C. The summed E-state index contributed by atoms with van der Waals surface area (Å²) in [5.74, 6) is 0. The normalized spacial score (nSPS) is 11.3. The third kappa shape index (κ3) is 2.26. The fourth-order valence-electron chi connectivity index (χ4n) is 2.73. The number of benzene rings is 2. The first-order valence-electron chi connectivity index (χ1n) is 7.37. The molecule has 112 valence electrons. The van der Waals surface area contributed by atoms with Crippen molar-refractivity contribution in [3.63, 3.8) is 0 Å². The summed E-state index contributed by atoms with van der Waals surface area (Å²) in [4.78, 5) is 16.8. The van der Waals surface area contributed by atoms with E-state index in [-0.39, 0.29) is 11.7 Å². The van der Waals surface area contributed by atoms with Gasteiger partial charge in [0.15, 0.2) is 0 Å². The van der Waals surface area contributed by atoms with Crippen LogP contribution >= 0.6 is 0 Å². The van der Waals surface area contributed by atoms with Gasteiger partial charge in [-0.25, -0.2) is 4.79 Å². The van der Waals surface area contributed by atoms with Crippen molar-refractivity contribution in [3.8, 4) is 11.3 Å². The summed E-state index contributed by atoms with van der Waals surface area (Å²) >= 11 is 0. The molecule has 0 aliphatic rings. The Balaban J connectivity index is 2.48. The van der Waals surface area contributed by atoms with E-state index in [1.807, 2.05) is 63.2 Å². The van der Waals surface area contributed by atoms with E-state index in [1.165, 1.54) is 0 Å². The molecule has 0 saturated heterocycles. The minimum atomic E-state index is -0.231. The number of hydrogen-bond acceptors (Lipinski definition) is 3. The average Bonchev–Trinajstić information content (AvgIpc) is 2.49. The smallest absolute Gasteiger partial charge is 0.348 e. The second-order valence-corrected chi connectivity index (χ2v) is 5.80. The standard InChI is InChI=1S/C18H19N3O/c1-11(2)21-16-9-12(3)15(19)10-14(16)17(20-18(21)22)13-7-5-4-6-8-13/h4-11H,19H2,1-3H3. The number of anilines is 1. The van der Waals surface area contributed by atoms with Gasteiger partial charge in [0, 0.05) is 22.7 Å². The van der Waals surface area contributed by atoms with Crippen LogP contribution in [0.2, 0.25) is 0 Å². The summed E-state index contributed by atoms with van der Waals surface area (Å²) in [5.41, 5.74) is 10.0. The predicted octanol–water partition coefficient (Wildman–Crippen LogP) is 3.54. The van der Waals surface area contributed by atoms with Crippen molar-refractivity contribution >= 4 is 16.6 Å². The van der Waals surface area contributed by atoms with Gasteiger partial charge in [0.1, 0.15) is 0 Å². The number of hydrogen-bond donors (Lipinski definition) is 1. The van der Waals surface area contributed by atoms with E-state index >= 15 is 0 Å². The van der Waals surface area contributed by atoms with Crippen LogP contribution in [-0.2, 0) is 0 Å². The average molecular weight is 293 g/mol. The monoisotopic (exact) mass is 293 g/mol. The first-order chi connectivity index (χ1) is 10.5. The van der Waals surface area contributed by atoms with Crippen LogP contribution in [0, 0.1) is 6.92 Å². The van der Waals surface area contributed by atoms with Gasteiger partial charge in [0.25, 0.3) is 0 Å². The molecule has 0 unspecified atom stereocenters. The molecule has 3 rings (SSSR count). The quantitative estimate of drug-likeness (QED) is 0.735. The molecule has 0 bridgehead atoms. The highest BCUT2D eigenvalue weighted by Crippen LogP contribution is 2.29. The number of nitrogen functional groups attached to an aromatic ring is 1. The molecule has 1 aromatic heterocycles. The lowest BCUT2D eigenvalue weighted by Crippen LogP contribution is -2.25. The molecule has 3 aromatic rings. The molecule has 2 N–H and O–H groups in total. The van der Waals surface area contributed by atoms with Crippen LogP contribution in [0.15, 0.2) is 47.3 Å². The van der Waals surface area contributed by atoms with Gasteiger partial charge in [-0.1, -0.05) is 30.3 Å². The van der Waals surface area contributed by atoms with E-state index in [0.29, 0.717) is 11.4 Å². The Bertz CT molecular complexity index is 896. The Labute approximate surface area is 129 Å². The molecule has 2 aromatic carbocycles. The molecular weight excluding hydrogens is 274 g/mol. The van der Waals surface area contributed by atoms with E-state index in [0.717, 1.165) is 22.0 Å². The highest BCUT2D eigenvalue weighted by Gasteiger charge is 2.15. The topological polar surface area (TPSA) is 60.9 Å². The van der Waals surface area contributed by atoms with Crippen LogP contribution in [0.3, 0.4) is 0 Å². The van der Waals surface area contributed by atoms with Gasteiger partial charge in [-0.3, -0.25) is 4.57 Å². The second-order valence-electron chi connectivity index (χ2n) is 5.80. The van der Waals surface area contributed by atoms with E-state index in [2.05, 4.69) is 4.98 Å². The molecule has 0 saturated carbocycles. The van der Waals surface area contributed by atoms with Crippen LogP contribution in [-0.4, -0.2) is 9.55 Å². The zero-order valence-electron chi connectivity index (χ0n) is 13.0. The largest absolute Gasteiger partial charge is 0.398 e. The van der Waals surface area contributed by atoms with Gasteiger partial charge in [-0.15, -0.1) is 0 Å². The number of aryl methyl sites for hydroxylation is 1. The first kappa shape index (κ1) is 14.3. The maximum absolute atomic E-state index is 12.5. The van der Waals surface area contributed by atoms with Crippen LogP contribution in [0.1, 0.15) is 25.5 Å². The molecule has 0 aliphatic carbocycles. The molecule has 0 fully saturated rings. The molecular formula is C18H19N3O. The van der Waals surface area contributed by atoms with Crippen LogP contribution in [0.25, 0.3) is 22.2 Å². The zero-order valence-corrected chi connectivity index (χ0v) is 13.0. The van der Waals surface area contributed by atoms with Crippen molar-refractivity contribution in [3.05, 3.63) is 58.5 Å². The lowest BCUT2D eigenvalue weighted by Gasteiger charge is -2.17. The Morgan fingerprint density at radius 3 is 2.45 bits per heavy atom. The molecule has 1 heterocycles. The van der Waals surface area contributed by atoms with Crippen molar-refractivity contribution in [1.29, 1.82) is 0 Å². The summed E-state index contributed by atoms with van der Waals surface area (Å²) in [6, 6.07) is 13.7. The summed E-state index contributed by atoms with van der Waals surface area (Å²) in [6.45, 7) is 5.92. The molecule has 0 atom stereocenters. The zero-order chi connectivity index (χ0) is 15.9. The number of aromatic nitrogens is 2. The minimum Gasteiger partial charge on any atom is -0.398 e. The Morgan fingerprint density at radius 2 is 1.82 bits per heavy atom. The van der Waals surface area contributed by atoms with E-state index in [9.17, 15) is 4.79 Å². The van der Waals surface area contributed by atoms with Gasteiger partial charge in [0.05, 0.1) is 11.2 Å². The fraction of sp³-hybridized carbons (Fsp3) is 0.222. The van der Waals surface area contributed by atoms with Crippen molar-refractivity contribution in [2.45, 2.75) is 26.8 Å². The number of nitrogens with zero attached hydrogens (tertiary/aromatic N) is 2. The molecule has 4 heteroatoms. The third-order valence-corrected chi connectivity index (χ3v) is 3.88. The van der Waals surface area contributed by atoms with Crippen LogP contribution in [0.4, 0.5) is 5.69 Å². The summed E-state index contributed by atoms with van der Waals surface area (Å²) in [7, 11) is 0. The van der Waals surface area contributed by atoms with Crippen molar-refractivity contribution in [1.82, 2.24) is 9.55 Å². The summed E-state index contributed by atoms with van der Waals surface area (Å²) in [6.07, 6.45) is 0. The molecule has 22 heavy (non-hydrogen) atoms. The fourth-order valence-corrected chi connectivity index (χ4v) is 2.73. The number of nitrogens with two attached hydrogens (primary N) is 1. The highest BCUT2D eigenvalue weighted by molar-refractivity contribution is 5.95. The van der Waals surface area contributed by atoms with E-state index in [4.69, 9.17) is 5.73 Å². The molecule has 4 nitrogen and oxygen atoms in total. The lowest BCUT2D eigenvalue weighted by atomic mass is 10.0. The van der Waals surface area contributed by atoms with Crippen molar-refractivity contribution < 1.29 is 0 Å². The number of fused-ring (bicyclic) bond motifs is 1. The second kappa shape index (κ2) is 5.30. The molecule has 0 radical (unpaired) electrons. The summed E-state index contributed by atoms with van der Waals surface area (Å²) < 4.78 is 1.72. The maximum Gasteiger partial charge on any atom is 0.348 e. The lowest BCUT2D eigenvalue weighted by molar-refractivity contribution is 0.587. The number of rotatable bonds is 2. The maximum atomic E-state index is 12.5. The van der Waals surface area contributed by atoms with Gasteiger partial charge in [0.2, 0.25) is 0 Å². The van der Waals surface area contributed by atoms with Gasteiger partial charge < -0.3 is 5.73 Å². The Kier molecular flexibility index (Phi) is 3.45. The highest BCUT2D eigenvalue weighted by atomic mass is 16.1. The van der Waals surface area contributed by atoms with E-state index < -0.39 is 0 Å². The van der Waals surface area contributed by atoms with E-state index in [1.54, 1.807) is 4.57 Å². The molecule has 0 spiro atoms. The van der Waals surface area contributed by atoms with Crippen molar-refractivity contribution in [2.75, 3.05) is 5.73 Å². The van der Waals surface area contributed by atoms with Crippen LogP contribution < -0.4 is 11.4 Å². The first-order valence-corrected chi connectivity index (χ1v) is 7.37. The van der Waals surface area contributed by atoms with Crippen LogP contribution in [0.5, 0.6) is 0 Å². The summed E-state index contributed by atoms with van der Waals surface area (Å²) in [5, 5.41) is 0.905. The Morgan fingerprint density at radius 1 is 1.14 bits per heavy atom. The van der Waals surface area contributed by atoms with Gasteiger partial charge >= 0.3 is 5.69 Å².